The summed E-state index contributed by atoms with van der Waals surface area (Å²) in [6, 6.07) is 10.9. The third-order valence-corrected chi connectivity index (χ3v) is 5.92. The van der Waals surface area contributed by atoms with Gasteiger partial charge in [-0.3, -0.25) is 14.3 Å². The maximum atomic E-state index is 12.7. The van der Waals surface area contributed by atoms with E-state index < -0.39 is 11.9 Å². The lowest BCUT2D eigenvalue weighted by molar-refractivity contribution is -0.141. The van der Waals surface area contributed by atoms with Gasteiger partial charge in [0, 0.05) is 54.0 Å². The van der Waals surface area contributed by atoms with Gasteiger partial charge in [-0.05, 0) is 44.3 Å². The van der Waals surface area contributed by atoms with Crippen molar-refractivity contribution in [1.29, 1.82) is 0 Å². The second kappa shape index (κ2) is 8.64. The number of ether oxygens (including phenoxy) is 1. The van der Waals surface area contributed by atoms with E-state index in [1.54, 1.807) is 12.3 Å². The topological polar surface area (TPSA) is 60.5 Å². The summed E-state index contributed by atoms with van der Waals surface area (Å²) in [5.74, 6) is 1.32. The molecule has 0 fully saturated rings. The zero-order valence-corrected chi connectivity index (χ0v) is 18.4. The SMILES string of the molecule is CN1CCCc2oc3cc(-n4ccc(OCc5ccc(C(F)(F)F)nc5)cc4=O)ccc3c2C1. The van der Waals surface area contributed by atoms with Crippen molar-refractivity contribution in [3.63, 3.8) is 0 Å². The number of aromatic nitrogens is 2. The minimum atomic E-state index is -4.49. The van der Waals surface area contributed by atoms with E-state index in [0.717, 1.165) is 54.9 Å². The quantitative estimate of drug-likeness (QED) is 0.423. The number of pyridine rings is 2. The Morgan fingerprint density at radius 1 is 1.15 bits per heavy atom. The van der Waals surface area contributed by atoms with Gasteiger partial charge in [-0.2, -0.15) is 13.2 Å². The van der Waals surface area contributed by atoms with Crippen molar-refractivity contribution in [2.75, 3.05) is 13.6 Å². The van der Waals surface area contributed by atoms with Gasteiger partial charge >= 0.3 is 6.18 Å². The van der Waals surface area contributed by atoms with Crippen molar-refractivity contribution in [1.82, 2.24) is 14.5 Å². The van der Waals surface area contributed by atoms with Gasteiger partial charge < -0.3 is 14.1 Å². The normalized spacial score (nSPS) is 14.7. The molecule has 0 atom stereocenters. The molecular formula is C25H22F3N3O3. The molecule has 0 aliphatic carbocycles. The molecular weight excluding hydrogens is 447 g/mol. The number of fused-ring (bicyclic) bond motifs is 3. The summed E-state index contributed by atoms with van der Waals surface area (Å²) in [5.41, 5.74) is 1.83. The number of rotatable bonds is 4. The first-order valence-corrected chi connectivity index (χ1v) is 10.9. The molecule has 3 aromatic heterocycles. The van der Waals surface area contributed by atoms with Gasteiger partial charge in [-0.15, -0.1) is 0 Å². The van der Waals surface area contributed by atoms with Gasteiger partial charge in [0.1, 0.15) is 29.4 Å². The monoisotopic (exact) mass is 469 g/mol. The molecule has 1 aromatic carbocycles. The second-order valence-electron chi connectivity index (χ2n) is 8.43. The zero-order valence-electron chi connectivity index (χ0n) is 18.4. The molecule has 5 rings (SSSR count). The number of hydrogen-bond acceptors (Lipinski definition) is 5. The van der Waals surface area contributed by atoms with Crippen LogP contribution in [0, 0.1) is 0 Å². The van der Waals surface area contributed by atoms with Gasteiger partial charge in [-0.1, -0.05) is 6.07 Å². The Kier molecular flexibility index (Phi) is 5.65. The fourth-order valence-electron chi connectivity index (χ4n) is 4.18. The van der Waals surface area contributed by atoms with E-state index in [9.17, 15) is 18.0 Å². The molecule has 0 radical (unpaired) electrons. The zero-order chi connectivity index (χ0) is 23.9. The first-order chi connectivity index (χ1) is 16.3. The van der Waals surface area contributed by atoms with Crippen molar-refractivity contribution in [2.24, 2.45) is 0 Å². The summed E-state index contributed by atoms with van der Waals surface area (Å²) < 4.78 is 51.1. The number of furan rings is 1. The molecule has 9 heteroatoms. The largest absolute Gasteiger partial charge is 0.489 e. The summed E-state index contributed by atoms with van der Waals surface area (Å²) in [7, 11) is 2.10. The summed E-state index contributed by atoms with van der Waals surface area (Å²) in [5, 5.41) is 1.06. The number of alkyl halides is 3. The number of hydrogen-bond donors (Lipinski definition) is 0. The van der Waals surface area contributed by atoms with Crippen LogP contribution in [0.15, 0.2) is 64.1 Å². The van der Waals surface area contributed by atoms with Gasteiger partial charge in [-0.25, -0.2) is 0 Å². The molecule has 0 spiro atoms. The van der Waals surface area contributed by atoms with E-state index >= 15 is 0 Å². The van der Waals surface area contributed by atoms with E-state index in [4.69, 9.17) is 9.15 Å². The molecule has 0 saturated heterocycles. The molecule has 1 aliphatic rings. The van der Waals surface area contributed by atoms with E-state index in [2.05, 4.69) is 16.9 Å². The predicted molar refractivity (Wildman–Crippen MR) is 120 cm³/mol. The Bertz CT molecular complexity index is 1390. The van der Waals surface area contributed by atoms with Crippen molar-refractivity contribution in [2.45, 2.75) is 32.2 Å². The lowest BCUT2D eigenvalue weighted by Gasteiger charge is -2.12. The van der Waals surface area contributed by atoms with Crippen LogP contribution in [0.2, 0.25) is 0 Å². The Labute approximate surface area is 193 Å². The van der Waals surface area contributed by atoms with Crippen LogP contribution in [0.1, 0.15) is 29.0 Å². The van der Waals surface area contributed by atoms with Crippen molar-refractivity contribution in [3.8, 4) is 11.4 Å². The van der Waals surface area contributed by atoms with Crippen LogP contribution >= 0.6 is 0 Å². The highest BCUT2D eigenvalue weighted by molar-refractivity contribution is 5.84. The lowest BCUT2D eigenvalue weighted by atomic mass is 10.1. The number of aryl methyl sites for hydroxylation is 1. The van der Waals surface area contributed by atoms with Crippen molar-refractivity contribution < 1.29 is 22.3 Å². The summed E-state index contributed by atoms with van der Waals surface area (Å²) in [6.45, 7) is 1.86. The van der Waals surface area contributed by atoms with E-state index in [1.165, 1.54) is 22.3 Å². The second-order valence-corrected chi connectivity index (χ2v) is 8.43. The Hall–Kier alpha value is -3.59. The smallest absolute Gasteiger partial charge is 0.433 e. The molecule has 0 amide bonds. The van der Waals surface area contributed by atoms with Crippen LogP contribution < -0.4 is 10.3 Å². The van der Waals surface area contributed by atoms with Crippen molar-refractivity contribution >= 4 is 11.0 Å². The van der Waals surface area contributed by atoms with Crippen LogP contribution in [0.4, 0.5) is 13.2 Å². The molecule has 4 aromatic rings. The Morgan fingerprint density at radius 3 is 2.74 bits per heavy atom. The van der Waals surface area contributed by atoms with Gasteiger partial charge in [0.15, 0.2) is 0 Å². The van der Waals surface area contributed by atoms with Crippen LogP contribution in [0.25, 0.3) is 16.7 Å². The lowest BCUT2D eigenvalue weighted by Crippen LogP contribution is -2.17. The predicted octanol–water partition coefficient (Wildman–Crippen LogP) is 4.95. The first-order valence-electron chi connectivity index (χ1n) is 10.9. The average Bonchev–Trinajstić information content (AvgIpc) is 3.02. The molecule has 4 heterocycles. The van der Waals surface area contributed by atoms with Crippen LogP contribution in [0.3, 0.4) is 0 Å². The van der Waals surface area contributed by atoms with Crippen molar-refractivity contribution in [3.05, 3.63) is 87.8 Å². The van der Waals surface area contributed by atoms with E-state index in [0.29, 0.717) is 17.0 Å². The molecule has 0 N–H and O–H groups in total. The summed E-state index contributed by atoms with van der Waals surface area (Å²) >= 11 is 0. The Morgan fingerprint density at radius 2 is 2.00 bits per heavy atom. The minimum absolute atomic E-state index is 0.00700. The standard InChI is InChI=1S/C25H22F3N3O3/c1-30-9-2-3-21-20(14-30)19-6-5-17(11-22(19)34-21)31-10-8-18(12-24(31)32)33-15-16-4-7-23(29-13-16)25(26,27)28/h4-8,10-13H,2-3,9,14-15H2,1H3. The minimum Gasteiger partial charge on any atom is -0.489 e. The fraction of sp³-hybridized carbons (Fsp3) is 0.280. The van der Waals surface area contributed by atoms with E-state index in [1.807, 2.05) is 18.2 Å². The number of benzene rings is 1. The first kappa shape index (κ1) is 22.2. The Balaban J connectivity index is 1.34. The maximum absolute atomic E-state index is 12.7. The highest BCUT2D eigenvalue weighted by atomic mass is 19.4. The van der Waals surface area contributed by atoms with Crippen LogP contribution in [0.5, 0.6) is 5.75 Å². The fourth-order valence-corrected chi connectivity index (χ4v) is 4.18. The number of nitrogens with zero attached hydrogens (tertiary/aromatic N) is 3. The molecule has 0 saturated carbocycles. The number of halogens is 3. The average molecular weight is 469 g/mol. The molecule has 176 valence electrons. The van der Waals surface area contributed by atoms with Crippen LogP contribution in [-0.2, 0) is 25.7 Å². The van der Waals surface area contributed by atoms with Gasteiger partial charge in [0.2, 0.25) is 0 Å². The molecule has 0 unspecified atom stereocenters. The molecule has 1 aliphatic heterocycles. The maximum Gasteiger partial charge on any atom is 0.433 e. The molecule has 34 heavy (non-hydrogen) atoms. The van der Waals surface area contributed by atoms with Gasteiger partial charge in [0.05, 0.1) is 5.69 Å². The van der Waals surface area contributed by atoms with E-state index in [-0.39, 0.29) is 12.2 Å². The summed E-state index contributed by atoms with van der Waals surface area (Å²) in [6.07, 6.45) is 0.161. The third kappa shape index (κ3) is 4.43. The molecule has 6 nitrogen and oxygen atoms in total. The summed E-state index contributed by atoms with van der Waals surface area (Å²) in [4.78, 5) is 18.4. The van der Waals surface area contributed by atoms with Gasteiger partial charge in [0.25, 0.3) is 5.56 Å². The van der Waals surface area contributed by atoms with Crippen LogP contribution in [-0.4, -0.2) is 28.0 Å². The highest BCUT2D eigenvalue weighted by Crippen LogP contribution is 2.31. The molecule has 0 bridgehead atoms. The highest BCUT2D eigenvalue weighted by Gasteiger charge is 2.32. The third-order valence-electron chi connectivity index (χ3n) is 5.92.